The minimum absolute atomic E-state index is 0. The van der Waals surface area contributed by atoms with Crippen molar-refractivity contribution in [3.05, 3.63) is 0 Å². The molecule has 0 amide bonds. The van der Waals surface area contributed by atoms with E-state index in [1.54, 1.807) is 0 Å². The quantitative estimate of drug-likeness (QED) is 0.338. The van der Waals surface area contributed by atoms with Crippen molar-refractivity contribution in [2.24, 2.45) is 0 Å². The van der Waals surface area contributed by atoms with E-state index < -0.39 is 24.3 Å². The predicted octanol–water partition coefficient (Wildman–Crippen LogP) is -8.20. The molecule has 0 heterocycles. The van der Waals surface area contributed by atoms with Gasteiger partial charge in [-0.15, -0.1) is 0 Å². The van der Waals surface area contributed by atoms with Crippen LogP contribution in [0.2, 0.25) is 0 Å². The van der Waals surface area contributed by atoms with Crippen molar-refractivity contribution in [2.75, 3.05) is 0 Å². The molecular weight excluding hydrogens is 261 g/mol. The van der Waals surface area contributed by atoms with Crippen LogP contribution < -0.4 is 85.1 Å². The number of rotatable bonds is 0. The van der Waals surface area contributed by atoms with Crippen molar-refractivity contribution < 1.29 is 123 Å². The molecule has 0 aromatic carbocycles. The van der Waals surface area contributed by atoms with E-state index in [1.807, 2.05) is 0 Å². The maximum atomic E-state index is 8.58. The van der Waals surface area contributed by atoms with Gasteiger partial charge in [-0.05, 0) is 0 Å². The van der Waals surface area contributed by atoms with Crippen LogP contribution in [0.4, 0.5) is 0 Å². The first-order chi connectivity index (χ1) is 3.73. The van der Waals surface area contributed by atoms with Gasteiger partial charge in [0, 0.05) is 0 Å². The van der Waals surface area contributed by atoms with Crippen LogP contribution >= 0.6 is 0 Å². The van der Waals surface area contributed by atoms with Gasteiger partial charge in [0.15, 0.2) is 0 Å². The molecule has 1 atom stereocenters. The Labute approximate surface area is 131 Å². The van der Waals surface area contributed by atoms with Gasteiger partial charge in [0.1, 0.15) is 0 Å². The Morgan fingerprint density at radius 2 is 1.27 bits per heavy atom. The van der Waals surface area contributed by atoms with E-state index in [1.165, 1.54) is 0 Å². The molecule has 0 aliphatic carbocycles. The molecule has 0 aromatic heterocycles. The minimum atomic E-state index is -5.62. The first-order valence-electron chi connectivity index (χ1n) is 1.13. The first-order valence-corrected chi connectivity index (χ1v) is 4.09. The third-order valence-electron chi connectivity index (χ3n) is 0. The fourth-order valence-electron chi connectivity index (χ4n) is 0. The van der Waals surface area contributed by atoms with Crippen molar-refractivity contribution in [3.63, 3.8) is 0 Å². The molecule has 7 nitrogen and oxygen atoms in total. The summed E-state index contributed by atoms with van der Waals surface area (Å²) < 4.78 is 58.4. The summed E-state index contributed by atoms with van der Waals surface area (Å²) in [6.07, 6.45) is 0. The van der Waals surface area contributed by atoms with Gasteiger partial charge in [0.2, 0.25) is 0 Å². The standard InChI is InChI=1S/K.Mn.Na.H2O3S.4O/c;;;1-4(2)3;;;;/h;;;(H2,1,2,3);;;;/q+1;;+1;;;;;-1/p-1. The van der Waals surface area contributed by atoms with Gasteiger partial charge in [0.25, 0.3) is 0 Å². The van der Waals surface area contributed by atoms with Crippen LogP contribution in [0.25, 0.3) is 0 Å². The zero-order valence-electron chi connectivity index (χ0n) is 5.68. The predicted molar refractivity (Wildman–Crippen MR) is 13.6 cm³/mol. The summed E-state index contributed by atoms with van der Waals surface area (Å²) in [5.41, 5.74) is 0. The Balaban J connectivity index is -0.0000000383. The van der Waals surface area contributed by atoms with Crippen molar-refractivity contribution >= 4 is 11.4 Å². The van der Waals surface area contributed by atoms with Crippen LogP contribution in [-0.2, 0) is 35.8 Å². The van der Waals surface area contributed by atoms with E-state index >= 15 is 0 Å². The second-order valence-electron chi connectivity index (χ2n) is 0.595. The van der Waals surface area contributed by atoms with E-state index in [0.717, 1.165) is 0 Å². The van der Waals surface area contributed by atoms with Crippen LogP contribution in [0.5, 0.6) is 0 Å². The third kappa shape index (κ3) is 211. The summed E-state index contributed by atoms with van der Waals surface area (Å²) in [6, 6.07) is 0. The molecule has 0 radical (unpaired) electrons. The topological polar surface area (TPSA) is 135 Å². The zero-order valence-corrected chi connectivity index (χ0v) is 12.8. The van der Waals surface area contributed by atoms with E-state index in [4.69, 9.17) is 29.0 Å². The van der Waals surface area contributed by atoms with Gasteiger partial charge in [0.05, 0.1) is 11.4 Å². The number of hydrogen-bond acceptors (Lipinski definition) is 6. The van der Waals surface area contributed by atoms with Gasteiger partial charge in [-0.1, -0.05) is 0 Å². The molecule has 0 saturated carbocycles. The number of hydrogen-bond donors (Lipinski definition) is 1. The van der Waals surface area contributed by atoms with E-state index in [0.29, 0.717) is 0 Å². The van der Waals surface area contributed by atoms with Crippen molar-refractivity contribution in [1.82, 2.24) is 0 Å². The first kappa shape index (κ1) is 23.4. The average molecular weight is 262 g/mol. The molecule has 1 N–H and O–H groups in total. The molecule has 0 spiro atoms. The second kappa shape index (κ2) is 12.6. The Hall–Kier alpha value is 2.59. The molecular formula is HKMnNaO7S. The summed E-state index contributed by atoms with van der Waals surface area (Å²) in [6.45, 7) is 0. The SMILES string of the molecule is O=S([O-])O.[K+].[Na+].[O]=[Mn](=[O])(=[O])[O-]. The molecule has 0 aliphatic rings. The van der Waals surface area contributed by atoms with E-state index in [2.05, 4.69) is 0 Å². The summed E-state index contributed by atoms with van der Waals surface area (Å²) >= 11 is -8.49. The molecule has 0 aliphatic heterocycles. The van der Waals surface area contributed by atoms with Crippen molar-refractivity contribution in [1.29, 1.82) is 0 Å². The molecule has 0 rings (SSSR count). The van der Waals surface area contributed by atoms with E-state index in [-0.39, 0.29) is 80.9 Å². The molecule has 0 bridgehead atoms. The van der Waals surface area contributed by atoms with Crippen LogP contribution in [0, 0.1) is 0 Å². The van der Waals surface area contributed by atoms with Gasteiger partial charge in [-0.2, -0.15) is 0 Å². The Kier molecular flexibility index (Phi) is 26.8. The molecule has 0 fully saturated rings. The summed E-state index contributed by atoms with van der Waals surface area (Å²) in [5.74, 6) is 0. The molecule has 0 aromatic rings. The average Bonchev–Trinajstić information content (AvgIpc) is 1.19. The van der Waals surface area contributed by atoms with Gasteiger partial charge < -0.3 is 9.11 Å². The van der Waals surface area contributed by atoms with Gasteiger partial charge in [-0.25, -0.2) is 4.21 Å². The van der Waals surface area contributed by atoms with Crippen molar-refractivity contribution in [2.45, 2.75) is 0 Å². The normalized spacial score (nSPS) is 10.8. The van der Waals surface area contributed by atoms with Crippen LogP contribution in [-0.4, -0.2) is 13.3 Å². The summed E-state index contributed by atoms with van der Waals surface area (Å²) in [7, 11) is 0. The summed E-state index contributed by atoms with van der Waals surface area (Å²) in [5, 5.41) is 0. The van der Waals surface area contributed by atoms with Crippen LogP contribution in [0.1, 0.15) is 0 Å². The fourth-order valence-corrected chi connectivity index (χ4v) is 0. The third-order valence-corrected chi connectivity index (χ3v) is 0. The zero-order chi connectivity index (χ0) is 8.08. The molecule has 11 heavy (non-hydrogen) atoms. The Bertz CT molecular complexity index is 204. The van der Waals surface area contributed by atoms with Gasteiger partial charge in [-0.3, -0.25) is 0 Å². The van der Waals surface area contributed by atoms with Crippen molar-refractivity contribution in [3.8, 4) is 0 Å². The monoisotopic (exact) mass is 262 g/mol. The molecule has 11 heteroatoms. The molecule has 58 valence electrons. The van der Waals surface area contributed by atoms with E-state index in [9.17, 15) is 0 Å². The fraction of sp³-hybridized carbons (Fsp3) is 0. The van der Waals surface area contributed by atoms with Crippen LogP contribution in [0.3, 0.4) is 0 Å². The maximum absolute atomic E-state index is 8.58. The van der Waals surface area contributed by atoms with Gasteiger partial charge >= 0.3 is 110 Å². The summed E-state index contributed by atoms with van der Waals surface area (Å²) in [4.78, 5) is 0. The second-order valence-corrected chi connectivity index (χ2v) is 2.21. The molecule has 0 saturated heterocycles. The Morgan fingerprint density at radius 3 is 1.27 bits per heavy atom. The molecule has 1 unspecified atom stereocenters. The Morgan fingerprint density at radius 1 is 1.27 bits per heavy atom. The van der Waals surface area contributed by atoms with Crippen LogP contribution in [0.15, 0.2) is 0 Å².